The average molecular weight is 236 g/mol. The average Bonchev–Trinajstić information content (AvgIpc) is 2.35. The van der Waals surface area contributed by atoms with Crippen LogP contribution >= 0.6 is 0 Å². The summed E-state index contributed by atoms with van der Waals surface area (Å²) in [5.74, 6) is 0.0142. The molecule has 1 aromatic rings. The SMILES string of the molecule is COCCc1ccccc1NC(=O)CCCN. The summed E-state index contributed by atoms with van der Waals surface area (Å²) in [5.41, 5.74) is 7.33. The van der Waals surface area contributed by atoms with Crippen LogP contribution in [0.5, 0.6) is 0 Å². The smallest absolute Gasteiger partial charge is 0.224 e. The van der Waals surface area contributed by atoms with Gasteiger partial charge in [-0.1, -0.05) is 18.2 Å². The minimum atomic E-state index is 0.0142. The van der Waals surface area contributed by atoms with Gasteiger partial charge in [-0.2, -0.15) is 0 Å². The van der Waals surface area contributed by atoms with Gasteiger partial charge in [-0.25, -0.2) is 0 Å². The molecule has 0 saturated carbocycles. The number of amides is 1. The zero-order chi connectivity index (χ0) is 12.5. The molecule has 0 bridgehead atoms. The van der Waals surface area contributed by atoms with Crippen LogP contribution in [0.1, 0.15) is 18.4 Å². The first-order chi connectivity index (χ1) is 8.27. The fraction of sp³-hybridized carbons (Fsp3) is 0.462. The zero-order valence-corrected chi connectivity index (χ0v) is 10.2. The van der Waals surface area contributed by atoms with Gasteiger partial charge in [-0.05, 0) is 31.0 Å². The lowest BCUT2D eigenvalue weighted by atomic mass is 10.1. The fourth-order valence-corrected chi connectivity index (χ4v) is 1.55. The molecule has 0 aliphatic heterocycles. The van der Waals surface area contributed by atoms with Gasteiger partial charge >= 0.3 is 0 Å². The van der Waals surface area contributed by atoms with Crippen LogP contribution in [0.15, 0.2) is 24.3 Å². The second kappa shape index (κ2) is 7.81. The van der Waals surface area contributed by atoms with Crippen LogP contribution in [0.25, 0.3) is 0 Å². The summed E-state index contributed by atoms with van der Waals surface area (Å²) in [4.78, 5) is 11.6. The highest BCUT2D eigenvalue weighted by Crippen LogP contribution is 2.16. The van der Waals surface area contributed by atoms with Gasteiger partial charge < -0.3 is 15.8 Å². The van der Waals surface area contributed by atoms with E-state index in [1.165, 1.54) is 0 Å². The van der Waals surface area contributed by atoms with Crippen LogP contribution in [0.2, 0.25) is 0 Å². The van der Waals surface area contributed by atoms with Crippen LogP contribution in [-0.4, -0.2) is 26.2 Å². The summed E-state index contributed by atoms with van der Waals surface area (Å²) >= 11 is 0. The lowest BCUT2D eigenvalue weighted by molar-refractivity contribution is -0.116. The fourth-order valence-electron chi connectivity index (χ4n) is 1.55. The minimum absolute atomic E-state index is 0.0142. The largest absolute Gasteiger partial charge is 0.384 e. The number of rotatable bonds is 7. The molecule has 0 aliphatic carbocycles. The quantitative estimate of drug-likeness (QED) is 0.755. The molecule has 1 rings (SSSR count). The number of nitrogens with two attached hydrogens (primary N) is 1. The van der Waals surface area contributed by atoms with E-state index < -0.39 is 0 Å². The van der Waals surface area contributed by atoms with Gasteiger partial charge in [0.1, 0.15) is 0 Å². The number of hydrogen-bond donors (Lipinski definition) is 2. The number of nitrogens with one attached hydrogen (secondary N) is 1. The van der Waals surface area contributed by atoms with Crippen molar-refractivity contribution >= 4 is 11.6 Å². The second-order valence-corrected chi connectivity index (χ2v) is 3.84. The van der Waals surface area contributed by atoms with Crippen molar-refractivity contribution in [3.05, 3.63) is 29.8 Å². The molecule has 4 nitrogen and oxygen atoms in total. The van der Waals surface area contributed by atoms with Crippen molar-refractivity contribution < 1.29 is 9.53 Å². The van der Waals surface area contributed by atoms with Crippen LogP contribution in [-0.2, 0) is 16.0 Å². The molecule has 0 atom stereocenters. The highest BCUT2D eigenvalue weighted by Gasteiger charge is 2.05. The highest BCUT2D eigenvalue weighted by molar-refractivity contribution is 5.91. The predicted octanol–water partition coefficient (Wildman–Crippen LogP) is 1.55. The third kappa shape index (κ3) is 4.97. The van der Waals surface area contributed by atoms with Crippen molar-refractivity contribution in [2.24, 2.45) is 5.73 Å². The molecule has 0 unspecified atom stereocenters. The summed E-state index contributed by atoms with van der Waals surface area (Å²) in [6, 6.07) is 7.78. The van der Waals surface area contributed by atoms with Gasteiger partial charge in [-0.3, -0.25) is 4.79 Å². The Hall–Kier alpha value is -1.39. The number of anilines is 1. The van der Waals surface area contributed by atoms with Crippen molar-refractivity contribution in [1.82, 2.24) is 0 Å². The Morgan fingerprint density at radius 1 is 1.41 bits per heavy atom. The van der Waals surface area contributed by atoms with Crippen LogP contribution in [0.4, 0.5) is 5.69 Å². The third-order valence-electron chi connectivity index (χ3n) is 2.47. The molecular formula is C13H20N2O2. The Bertz CT molecular complexity index is 353. The Kier molecular flexibility index (Phi) is 6.29. The molecule has 0 radical (unpaired) electrons. The first-order valence-electron chi connectivity index (χ1n) is 5.84. The number of para-hydroxylation sites is 1. The molecule has 94 valence electrons. The van der Waals surface area contributed by atoms with E-state index in [0.29, 0.717) is 26.0 Å². The summed E-state index contributed by atoms with van der Waals surface area (Å²) in [6.07, 6.45) is 1.98. The summed E-state index contributed by atoms with van der Waals surface area (Å²) in [6.45, 7) is 1.19. The van der Waals surface area contributed by atoms with Crippen molar-refractivity contribution in [1.29, 1.82) is 0 Å². The number of hydrogen-bond acceptors (Lipinski definition) is 3. The molecule has 0 aromatic heterocycles. The molecule has 0 aliphatic rings. The van der Waals surface area contributed by atoms with Crippen molar-refractivity contribution in [3.63, 3.8) is 0 Å². The van der Waals surface area contributed by atoms with Gasteiger partial charge in [-0.15, -0.1) is 0 Å². The Morgan fingerprint density at radius 3 is 2.88 bits per heavy atom. The van der Waals surface area contributed by atoms with Crippen LogP contribution in [0, 0.1) is 0 Å². The van der Waals surface area contributed by atoms with Gasteiger partial charge in [0.2, 0.25) is 5.91 Å². The van der Waals surface area contributed by atoms with E-state index in [0.717, 1.165) is 17.7 Å². The Morgan fingerprint density at radius 2 is 2.18 bits per heavy atom. The van der Waals surface area contributed by atoms with E-state index in [2.05, 4.69) is 5.32 Å². The number of methoxy groups -OCH3 is 1. The maximum Gasteiger partial charge on any atom is 0.224 e. The van der Waals surface area contributed by atoms with E-state index in [9.17, 15) is 4.79 Å². The van der Waals surface area contributed by atoms with E-state index in [1.807, 2.05) is 24.3 Å². The topological polar surface area (TPSA) is 64.3 Å². The van der Waals surface area contributed by atoms with Gasteiger partial charge in [0, 0.05) is 19.2 Å². The third-order valence-corrected chi connectivity index (χ3v) is 2.47. The highest BCUT2D eigenvalue weighted by atomic mass is 16.5. The molecule has 17 heavy (non-hydrogen) atoms. The van der Waals surface area contributed by atoms with Crippen LogP contribution < -0.4 is 11.1 Å². The van der Waals surface area contributed by atoms with E-state index in [-0.39, 0.29) is 5.91 Å². The number of carbonyl (C=O) groups excluding carboxylic acids is 1. The molecule has 1 aromatic carbocycles. The van der Waals surface area contributed by atoms with Crippen molar-refractivity contribution in [2.45, 2.75) is 19.3 Å². The number of ether oxygens (including phenoxy) is 1. The first kappa shape index (κ1) is 13.7. The Labute approximate surface area is 102 Å². The molecular weight excluding hydrogens is 216 g/mol. The molecule has 0 fully saturated rings. The molecule has 0 spiro atoms. The van der Waals surface area contributed by atoms with Gasteiger partial charge in [0.05, 0.1) is 6.61 Å². The van der Waals surface area contributed by atoms with E-state index in [1.54, 1.807) is 7.11 Å². The standard InChI is InChI=1S/C13H20N2O2/c1-17-10-8-11-5-2-3-6-12(11)15-13(16)7-4-9-14/h2-3,5-6H,4,7-10,14H2,1H3,(H,15,16). The van der Waals surface area contributed by atoms with E-state index >= 15 is 0 Å². The summed E-state index contributed by atoms with van der Waals surface area (Å²) in [5, 5.41) is 2.90. The normalized spacial score (nSPS) is 10.2. The summed E-state index contributed by atoms with van der Waals surface area (Å²) < 4.78 is 5.04. The van der Waals surface area contributed by atoms with Crippen molar-refractivity contribution in [3.8, 4) is 0 Å². The van der Waals surface area contributed by atoms with Crippen LogP contribution in [0.3, 0.4) is 0 Å². The Balaban J connectivity index is 2.59. The molecule has 1 amide bonds. The monoisotopic (exact) mass is 236 g/mol. The predicted molar refractivity (Wildman–Crippen MR) is 68.9 cm³/mol. The summed E-state index contributed by atoms with van der Waals surface area (Å²) in [7, 11) is 1.67. The molecule has 0 saturated heterocycles. The lowest BCUT2D eigenvalue weighted by Gasteiger charge is -2.10. The van der Waals surface area contributed by atoms with Crippen molar-refractivity contribution in [2.75, 3.05) is 25.6 Å². The zero-order valence-electron chi connectivity index (χ0n) is 10.2. The lowest BCUT2D eigenvalue weighted by Crippen LogP contribution is -2.14. The van der Waals surface area contributed by atoms with Gasteiger partial charge in [0.25, 0.3) is 0 Å². The second-order valence-electron chi connectivity index (χ2n) is 3.84. The minimum Gasteiger partial charge on any atom is -0.384 e. The van der Waals surface area contributed by atoms with Gasteiger partial charge in [0.15, 0.2) is 0 Å². The number of benzene rings is 1. The molecule has 4 heteroatoms. The molecule has 3 N–H and O–H groups in total. The maximum absolute atomic E-state index is 11.6. The molecule has 0 heterocycles. The number of carbonyl (C=O) groups is 1. The maximum atomic E-state index is 11.6. The van der Waals surface area contributed by atoms with E-state index in [4.69, 9.17) is 10.5 Å². The first-order valence-corrected chi connectivity index (χ1v) is 5.84.